The molecule has 0 N–H and O–H groups in total. The Balaban J connectivity index is 0.00000169. The maximum absolute atomic E-state index is 11.5. The van der Waals surface area contributed by atoms with Gasteiger partial charge in [0.05, 0.1) is 4.88 Å². The van der Waals surface area contributed by atoms with E-state index in [2.05, 4.69) is 0 Å². The number of nitrogens with zero attached hydrogens (tertiary/aromatic N) is 1. The highest BCUT2D eigenvalue weighted by molar-refractivity contribution is 7.14. The van der Waals surface area contributed by atoms with E-state index < -0.39 is 0 Å². The molecule has 0 aliphatic carbocycles. The van der Waals surface area contributed by atoms with E-state index in [0.29, 0.717) is 6.42 Å². The zero-order chi connectivity index (χ0) is 9.84. The van der Waals surface area contributed by atoms with Crippen molar-refractivity contribution in [3.05, 3.63) is 21.9 Å². The summed E-state index contributed by atoms with van der Waals surface area (Å²) >= 11 is 1.58. The summed E-state index contributed by atoms with van der Waals surface area (Å²) in [5.41, 5.74) is 0. The normalized spacial score (nSPS) is 10.0. The molecule has 0 fully saturated rings. The minimum Gasteiger partial charge on any atom is -0.309 e. The molecular weight excluding hydrogens is 218 g/mol. The molecule has 0 radical (unpaired) electrons. The van der Waals surface area contributed by atoms with Crippen molar-refractivity contribution >= 4 is 29.5 Å². The highest BCUT2D eigenvalue weighted by Gasteiger charge is 2.07. The van der Waals surface area contributed by atoms with Crippen LogP contribution in [0.2, 0.25) is 0 Å². The van der Waals surface area contributed by atoms with E-state index in [1.165, 1.54) is 4.88 Å². The van der Waals surface area contributed by atoms with Gasteiger partial charge in [-0.3, -0.25) is 4.79 Å². The Bertz CT molecular complexity index is 296. The molecule has 0 saturated carbocycles. The fraction of sp³-hybridized carbons (Fsp3) is 0.500. The van der Waals surface area contributed by atoms with Gasteiger partial charge in [-0.15, -0.1) is 23.7 Å². The quantitative estimate of drug-likeness (QED) is 0.746. The third-order valence-corrected chi connectivity index (χ3v) is 2.84. The predicted octanol–water partition coefficient (Wildman–Crippen LogP) is 2.61. The lowest BCUT2D eigenvalue weighted by atomic mass is 10.2. The maximum Gasteiger partial charge on any atom is 0.174 e. The lowest BCUT2D eigenvalue weighted by Gasteiger charge is -2.06. The Morgan fingerprint density at radius 3 is 2.50 bits per heavy atom. The number of carbonyl (C=O) groups is 1. The summed E-state index contributed by atoms with van der Waals surface area (Å²) in [5.74, 6) is 0.256. The van der Waals surface area contributed by atoms with Gasteiger partial charge in [-0.1, -0.05) is 0 Å². The highest BCUT2D eigenvalue weighted by Crippen LogP contribution is 2.16. The van der Waals surface area contributed by atoms with Crippen LogP contribution in [0.25, 0.3) is 0 Å². The Morgan fingerprint density at radius 1 is 1.43 bits per heavy atom. The van der Waals surface area contributed by atoms with Crippen LogP contribution >= 0.6 is 23.7 Å². The first-order chi connectivity index (χ1) is 6.09. The molecule has 0 aliphatic rings. The SMILES string of the molecule is Cc1ccc(C(=O)CCN(C)C)s1.Cl. The predicted molar refractivity (Wildman–Crippen MR) is 63.8 cm³/mol. The number of aryl methyl sites for hydroxylation is 1. The van der Waals surface area contributed by atoms with Crippen molar-refractivity contribution in [3.8, 4) is 0 Å². The van der Waals surface area contributed by atoms with E-state index in [4.69, 9.17) is 0 Å². The summed E-state index contributed by atoms with van der Waals surface area (Å²) in [6.45, 7) is 2.85. The Labute approximate surface area is 95.3 Å². The maximum atomic E-state index is 11.5. The highest BCUT2D eigenvalue weighted by atomic mass is 35.5. The standard InChI is InChI=1S/C10H15NOS.ClH/c1-8-4-5-10(13-8)9(12)6-7-11(2)3;/h4-5H,6-7H2,1-3H3;1H. The van der Waals surface area contributed by atoms with Crippen LogP contribution in [0.5, 0.6) is 0 Å². The van der Waals surface area contributed by atoms with Gasteiger partial charge in [0.15, 0.2) is 5.78 Å². The van der Waals surface area contributed by atoms with Gasteiger partial charge in [-0.05, 0) is 33.2 Å². The van der Waals surface area contributed by atoms with Crippen molar-refractivity contribution in [1.82, 2.24) is 4.90 Å². The molecule has 0 spiro atoms. The first-order valence-electron chi connectivity index (χ1n) is 4.34. The summed E-state index contributed by atoms with van der Waals surface area (Å²) in [6.07, 6.45) is 0.618. The number of rotatable bonds is 4. The zero-order valence-electron chi connectivity index (χ0n) is 8.74. The fourth-order valence-electron chi connectivity index (χ4n) is 1.03. The number of carbonyl (C=O) groups excluding carboxylic acids is 1. The second-order valence-corrected chi connectivity index (χ2v) is 4.67. The van der Waals surface area contributed by atoms with Crippen molar-refractivity contribution in [2.24, 2.45) is 0 Å². The largest absolute Gasteiger partial charge is 0.309 e. The average Bonchev–Trinajstić information content (AvgIpc) is 2.47. The monoisotopic (exact) mass is 233 g/mol. The number of Topliss-reactive ketones (excluding diaryl/α,β-unsaturated/α-hetero) is 1. The first kappa shape index (κ1) is 13.6. The van der Waals surface area contributed by atoms with Crippen molar-refractivity contribution in [2.75, 3.05) is 20.6 Å². The molecule has 4 heteroatoms. The molecule has 0 aliphatic heterocycles. The van der Waals surface area contributed by atoms with Gasteiger partial charge in [0.1, 0.15) is 0 Å². The van der Waals surface area contributed by atoms with Gasteiger partial charge < -0.3 is 4.90 Å². The summed E-state index contributed by atoms with van der Waals surface area (Å²) in [6, 6.07) is 3.91. The number of hydrogen-bond donors (Lipinski definition) is 0. The molecule has 0 aromatic carbocycles. The molecule has 0 saturated heterocycles. The first-order valence-corrected chi connectivity index (χ1v) is 5.15. The van der Waals surface area contributed by atoms with Crippen LogP contribution in [0.3, 0.4) is 0 Å². The lowest BCUT2D eigenvalue weighted by molar-refractivity contribution is 0.0976. The molecule has 1 rings (SSSR count). The summed E-state index contributed by atoms with van der Waals surface area (Å²) in [5, 5.41) is 0. The molecule has 2 nitrogen and oxygen atoms in total. The summed E-state index contributed by atoms with van der Waals surface area (Å²) in [7, 11) is 3.96. The Morgan fingerprint density at radius 2 is 2.07 bits per heavy atom. The topological polar surface area (TPSA) is 20.3 Å². The number of halogens is 1. The molecule has 80 valence electrons. The molecule has 1 heterocycles. The number of ketones is 1. The summed E-state index contributed by atoms with van der Waals surface area (Å²) in [4.78, 5) is 15.7. The number of thiophene rings is 1. The van der Waals surface area contributed by atoms with E-state index in [9.17, 15) is 4.79 Å². The van der Waals surface area contributed by atoms with E-state index in [0.717, 1.165) is 11.4 Å². The van der Waals surface area contributed by atoms with Gasteiger partial charge in [-0.2, -0.15) is 0 Å². The van der Waals surface area contributed by atoms with Crippen LogP contribution in [-0.4, -0.2) is 31.3 Å². The van der Waals surface area contributed by atoms with Crippen LogP contribution in [-0.2, 0) is 0 Å². The van der Waals surface area contributed by atoms with Crippen molar-refractivity contribution in [1.29, 1.82) is 0 Å². The second kappa shape index (κ2) is 6.17. The van der Waals surface area contributed by atoms with Crippen LogP contribution in [0.1, 0.15) is 21.0 Å². The van der Waals surface area contributed by atoms with E-state index in [-0.39, 0.29) is 18.2 Å². The minimum absolute atomic E-state index is 0. The van der Waals surface area contributed by atoms with Gasteiger partial charge in [0, 0.05) is 17.8 Å². The molecular formula is C10H16ClNOS. The third kappa shape index (κ3) is 4.22. The van der Waals surface area contributed by atoms with E-state index in [1.807, 2.05) is 38.1 Å². The van der Waals surface area contributed by atoms with Crippen LogP contribution in [0.4, 0.5) is 0 Å². The van der Waals surface area contributed by atoms with Gasteiger partial charge in [-0.25, -0.2) is 0 Å². The molecule has 1 aromatic rings. The smallest absolute Gasteiger partial charge is 0.174 e. The van der Waals surface area contributed by atoms with Gasteiger partial charge in [0.25, 0.3) is 0 Å². The molecule has 0 atom stereocenters. The third-order valence-electron chi connectivity index (χ3n) is 1.80. The Hall–Kier alpha value is -0.380. The van der Waals surface area contributed by atoms with Crippen LogP contribution < -0.4 is 0 Å². The van der Waals surface area contributed by atoms with Crippen molar-refractivity contribution in [2.45, 2.75) is 13.3 Å². The van der Waals surface area contributed by atoms with Crippen LogP contribution in [0.15, 0.2) is 12.1 Å². The van der Waals surface area contributed by atoms with Crippen molar-refractivity contribution < 1.29 is 4.79 Å². The molecule has 1 aromatic heterocycles. The van der Waals surface area contributed by atoms with E-state index in [1.54, 1.807) is 11.3 Å². The number of hydrogen-bond acceptors (Lipinski definition) is 3. The van der Waals surface area contributed by atoms with Gasteiger partial charge >= 0.3 is 0 Å². The molecule has 0 bridgehead atoms. The van der Waals surface area contributed by atoms with Gasteiger partial charge in [0.2, 0.25) is 0 Å². The van der Waals surface area contributed by atoms with Crippen LogP contribution in [0, 0.1) is 6.92 Å². The second-order valence-electron chi connectivity index (χ2n) is 3.39. The minimum atomic E-state index is 0. The Kier molecular flexibility index (Phi) is 6.00. The average molecular weight is 234 g/mol. The fourth-order valence-corrected chi connectivity index (χ4v) is 1.87. The molecule has 14 heavy (non-hydrogen) atoms. The molecule has 0 unspecified atom stereocenters. The van der Waals surface area contributed by atoms with E-state index >= 15 is 0 Å². The van der Waals surface area contributed by atoms with Crippen molar-refractivity contribution in [3.63, 3.8) is 0 Å². The zero-order valence-corrected chi connectivity index (χ0v) is 10.4. The molecule has 0 amide bonds. The lowest BCUT2D eigenvalue weighted by Crippen LogP contribution is -2.16. The summed E-state index contributed by atoms with van der Waals surface area (Å²) < 4.78 is 0.